The summed E-state index contributed by atoms with van der Waals surface area (Å²) < 4.78 is 0. The van der Waals surface area contributed by atoms with Gasteiger partial charge in [0.05, 0.1) is 6.54 Å². The van der Waals surface area contributed by atoms with Crippen LogP contribution in [0.25, 0.3) is 0 Å². The van der Waals surface area contributed by atoms with E-state index in [-0.39, 0.29) is 37.5 Å². The summed E-state index contributed by atoms with van der Waals surface area (Å²) in [6.45, 7) is 5.17. The van der Waals surface area contributed by atoms with Crippen molar-refractivity contribution < 1.29 is 33.9 Å². The standard InChI is InChI=1S/C34H44N6O7/c1-20(2)16-25-31(44)35-19-29(42)40-15-7-10-28(40)34(47)39-27(18-23-11-13-24(41)14-12-23)33(46)38-26(17-22-8-5-4-6-9-22)32(45)36-21(3)30(43)37-25/h4-6,8-9,11-14,20-21,25-28,41H,7,10,15-19H2,1-3H3,(H,35,44)(H,36,45)(H,37,43)(H,38,46)(H,39,47)/t21-,25-,26-,27-,28-/m0/s1. The van der Waals surface area contributed by atoms with Crippen LogP contribution in [-0.4, -0.2) is 88.7 Å². The molecule has 13 nitrogen and oxygen atoms in total. The zero-order valence-corrected chi connectivity index (χ0v) is 27.0. The molecule has 0 spiro atoms. The molecular weight excluding hydrogens is 604 g/mol. The molecule has 4 rings (SSSR count). The lowest BCUT2D eigenvalue weighted by atomic mass is 10.0. The third-order valence-corrected chi connectivity index (χ3v) is 8.31. The molecule has 13 heteroatoms. The van der Waals surface area contributed by atoms with E-state index in [1.54, 1.807) is 36.4 Å². The number of phenolic OH excluding ortho intramolecular Hbond substituents is 1. The quantitative estimate of drug-likeness (QED) is 0.260. The summed E-state index contributed by atoms with van der Waals surface area (Å²) in [7, 11) is 0. The van der Waals surface area contributed by atoms with Gasteiger partial charge in [-0.1, -0.05) is 56.3 Å². The van der Waals surface area contributed by atoms with Crippen molar-refractivity contribution in [3.8, 4) is 5.75 Å². The van der Waals surface area contributed by atoms with Crippen molar-refractivity contribution in [1.82, 2.24) is 31.5 Å². The van der Waals surface area contributed by atoms with Gasteiger partial charge in [0.15, 0.2) is 0 Å². The molecule has 6 N–H and O–H groups in total. The molecule has 2 saturated heterocycles. The average Bonchev–Trinajstić information content (AvgIpc) is 3.54. The van der Waals surface area contributed by atoms with Crippen molar-refractivity contribution in [2.75, 3.05) is 13.1 Å². The third kappa shape index (κ3) is 9.77. The number of carbonyl (C=O) groups excluding carboxylic acids is 6. The fraction of sp³-hybridized carbons (Fsp3) is 0.471. The van der Waals surface area contributed by atoms with Gasteiger partial charge in [-0.3, -0.25) is 28.8 Å². The maximum atomic E-state index is 13.9. The Hall–Kier alpha value is -4.94. The minimum absolute atomic E-state index is 0.0242. The number of hydrogen-bond acceptors (Lipinski definition) is 7. The predicted octanol–water partition coefficient (Wildman–Crippen LogP) is 0.303. The first-order chi connectivity index (χ1) is 22.4. The molecule has 252 valence electrons. The van der Waals surface area contributed by atoms with Gasteiger partial charge in [-0.15, -0.1) is 0 Å². The zero-order valence-electron chi connectivity index (χ0n) is 27.0. The highest BCUT2D eigenvalue weighted by molar-refractivity contribution is 5.97. The van der Waals surface area contributed by atoms with Crippen molar-refractivity contribution in [2.24, 2.45) is 5.92 Å². The Labute approximate surface area is 274 Å². The highest BCUT2D eigenvalue weighted by Crippen LogP contribution is 2.19. The first kappa shape index (κ1) is 34.9. The lowest BCUT2D eigenvalue weighted by Crippen LogP contribution is -2.60. The number of fused-ring (bicyclic) bond motifs is 1. The summed E-state index contributed by atoms with van der Waals surface area (Å²) in [5.41, 5.74) is 1.39. The summed E-state index contributed by atoms with van der Waals surface area (Å²) in [5, 5.41) is 23.3. The Balaban J connectivity index is 1.68. The second kappa shape index (κ2) is 16.1. The smallest absolute Gasteiger partial charge is 0.243 e. The fourth-order valence-corrected chi connectivity index (χ4v) is 5.78. The number of hydrogen-bond donors (Lipinski definition) is 6. The van der Waals surface area contributed by atoms with E-state index >= 15 is 0 Å². The first-order valence-corrected chi connectivity index (χ1v) is 16.0. The van der Waals surface area contributed by atoms with Crippen molar-refractivity contribution in [3.63, 3.8) is 0 Å². The largest absolute Gasteiger partial charge is 0.508 e. The van der Waals surface area contributed by atoms with Gasteiger partial charge >= 0.3 is 0 Å². The first-order valence-electron chi connectivity index (χ1n) is 16.0. The topological polar surface area (TPSA) is 186 Å². The van der Waals surface area contributed by atoms with Gasteiger partial charge in [0.25, 0.3) is 0 Å². The molecule has 0 bridgehead atoms. The van der Waals surface area contributed by atoms with E-state index in [1.807, 2.05) is 19.9 Å². The van der Waals surface area contributed by atoms with Crippen LogP contribution in [0.1, 0.15) is 51.2 Å². The van der Waals surface area contributed by atoms with Crippen LogP contribution in [0.2, 0.25) is 0 Å². The molecule has 0 saturated carbocycles. The summed E-state index contributed by atoms with van der Waals surface area (Å²) in [6, 6.07) is 10.0. The van der Waals surface area contributed by atoms with Crippen LogP contribution in [0.5, 0.6) is 5.75 Å². The summed E-state index contributed by atoms with van der Waals surface area (Å²) in [5.74, 6) is -3.36. The van der Waals surface area contributed by atoms with Crippen molar-refractivity contribution in [2.45, 2.75) is 83.1 Å². The van der Waals surface area contributed by atoms with Crippen LogP contribution in [0.3, 0.4) is 0 Å². The van der Waals surface area contributed by atoms with Crippen molar-refractivity contribution >= 4 is 35.4 Å². The van der Waals surface area contributed by atoms with Crippen LogP contribution >= 0.6 is 0 Å². The minimum atomic E-state index is -1.15. The minimum Gasteiger partial charge on any atom is -0.508 e. The summed E-state index contributed by atoms with van der Waals surface area (Å²) >= 11 is 0. The van der Waals surface area contributed by atoms with Gasteiger partial charge < -0.3 is 36.6 Å². The van der Waals surface area contributed by atoms with E-state index in [1.165, 1.54) is 24.0 Å². The maximum Gasteiger partial charge on any atom is 0.243 e. The number of carbonyl (C=O) groups is 6. The lowest BCUT2D eigenvalue weighted by Gasteiger charge is -2.29. The molecule has 6 amide bonds. The Morgan fingerprint density at radius 2 is 1.30 bits per heavy atom. The monoisotopic (exact) mass is 648 g/mol. The molecule has 0 aromatic heterocycles. The zero-order chi connectivity index (χ0) is 34.1. The highest BCUT2D eigenvalue weighted by Gasteiger charge is 2.37. The van der Waals surface area contributed by atoms with Crippen LogP contribution in [0.15, 0.2) is 54.6 Å². The molecule has 2 aromatic carbocycles. The molecule has 2 aliphatic heterocycles. The van der Waals surface area contributed by atoms with E-state index in [4.69, 9.17) is 0 Å². The van der Waals surface area contributed by atoms with Gasteiger partial charge in [0.2, 0.25) is 35.4 Å². The van der Waals surface area contributed by atoms with Crippen molar-refractivity contribution in [1.29, 1.82) is 0 Å². The SMILES string of the molecule is CC(C)C[C@@H]1NC(=O)[C@H](C)NC(=O)[C@H](Cc2ccccc2)NC(=O)[C@H](Cc2ccc(O)cc2)NC(=O)[C@@H]2CCCN2C(=O)CNC1=O. The predicted molar refractivity (Wildman–Crippen MR) is 173 cm³/mol. The third-order valence-electron chi connectivity index (χ3n) is 8.31. The molecule has 2 fully saturated rings. The number of phenols is 1. The van der Waals surface area contributed by atoms with Crippen molar-refractivity contribution in [3.05, 3.63) is 65.7 Å². The Morgan fingerprint density at radius 3 is 1.94 bits per heavy atom. The van der Waals surface area contributed by atoms with E-state index in [0.717, 1.165) is 5.56 Å². The van der Waals surface area contributed by atoms with E-state index in [2.05, 4.69) is 26.6 Å². The number of benzene rings is 2. The molecular formula is C34H44N6O7. The molecule has 2 aromatic rings. The van der Waals surface area contributed by atoms with Gasteiger partial charge in [-0.25, -0.2) is 0 Å². The molecule has 0 aliphatic carbocycles. The van der Waals surface area contributed by atoms with E-state index < -0.39 is 65.7 Å². The molecule has 0 unspecified atom stereocenters. The number of rotatable bonds is 6. The molecule has 0 radical (unpaired) electrons. The Kier molecular flexibility index (Phi) is 11.9. The molecule has 2 heterocycles. The normalized spacial score (nSPS) is 25.1. The lowest BCUT2D eigenvalue weighted by molar-refractivity contribution is -0.140. The number of nitrogens with one attached hydrogen (secondary N) is 5. The number of amides is 6. The van der Waals surface area contributed by atoms with E-state index in [9.17, 15) is 33.9 Å². The van der Waals surface area contributed by atoms with Gasteiger partial charge in [-0.05, 0) is 55.4 Å². The van der Waals surface area contributed by atoms with Crippen LogP contribution in [0, 0.1) is 5.92 Å². The maximum absolute atomic E-state index is 13.9. The summed E-state index contributed by atoms with van der Waals surface area (Å²) in [4.78, 5) is 82.2. The van der Waals surface area contributed by atoms with Crippen LogP contribution in [0.4, 0.5) is 0 Å². The number of aromatic hydroxyl groups is 1. The fourth-order valence-electron chi connectivity index (χ4n) is 5.78. The number of nitrogens with zero attached hydrogens (tertiary/aromatic N) is 1. The molecule has 2 aliphatic rings. The highest BCUT2D eigenvalue weighted by atomic mass is 16.3. The van der Waals surface area contributed by atoms with Crippen LogP contribution < -0.4 is 26.6 Å². The van der Waals surface area contributed by atoms with E-state index in [0.29, 0.717) is 24.9 Å². The van der Waals surface area contributed by atoms with Gasteiger partial charge in [0.1, 0.15) is 36.0 Å². The van der Waals surface area contributed by atoms with Gasteiger partial charge in [0, 0.05) is 19.4 Å². The Bertz CT molecular complexity index is 1450. The summed E-state index contributed by atoms with van der Waals surface area (Å²) in [6.07, 6.45) is 1.33. The molecule has 47 heavy (non-hydrogen) atoms. The Morgan fingerprint density at radius 1 is 0.723 bits per heavy atom. The second-order valence-corrected chi connectivity index (χ2v) is 12.6. The average molecular weight is 649 g/mol. The van der Waals surface area contributed by atoms with Gasteiger partial charge in [-0.2, -0.15) is 0 Å². The van der Waals surface area contributed by atoms with Crippen LogP contribution in [-0.2, 0) is 41.6 Å². The second-order valence-electron chi connectivity index (χ2n) is 12.6. The molecule has 5 atom stereocenters.